The van der Waals surface area contributed by atoms with E-state index in [1.807, 2.05) is 0 Å². The van der Waals surface area contributed by atoms with Gasteiger partial charge in [-0.3, -0.25) is 4.79 Å². The number of nitrogens with one attached hydrogen (secondary N) is 2. The topological polar surface area (TPSA) is 59.6 Å². The molecule has 5 heteroatoms. The van der Waals surface area contributed by atoms with Gasteiger partial charge in [0.05, 0.1) is 0 Å². The highest BCUT2D eigenvalue weighted by Crippen LogP contribution is 2.30. The van der Waals surface area contributed by atoms with Crippen molar-refractivity contribution in [1.82, 2.24) is 10.6 Å². The molecular weight excluding hydrogens is 256 g/mol. The second-order valence-electron chi connectivity index (χ2n) is 5.41. The van der Waals surface area contributed by atoms with Gasteiger partial charge in [-0.25, -0.2) is 0 Å². The lowest BCUT2D eigenvalue weighted by Crippen LogP contribution is -2.50. The molecule has 2 aliphatic rings. The number of benzene rings is 1. The molecule has 0 radical (unpaired) electrons. The number of ether oxygens (including phenoxy) is 2. The van der Waals surface area contributed by atoms with E-state index in [1.54, 1.807) is 18.2 Å². The Morgan fingerprint density at radius 3 is 2.90 bits per heavy atom. The van der Waals surface area contributed by atoms with Gasteiger partial charge in [-0.1, -0.05) is 6.92 Å². The van der Waals surface area contributed by atoms with Crippen molar-refractivity contribution in [3.8, 4) is 11.5 Å². The zero-order valence-corrected chi connectivity index (χ0v) is 11.6. The van der Waals surface area contributed by atoms with Crippen LogP contribution in [0.25, 0.3) is 0 Å². The largest absolute Gasteiger partial charge is 0.486 e. The van der Waals surface area contributed by atoms with Gasteiger partial charge in [0.25, 0.3) is 5.91 Å². The third-order valence-corrected chi connectivity index (χ3v) is 3.95. The van der Waals surface area contributed by atoms with Crippen LogP contribution >= 0.6 is 0 Å². The number of carbonyl (C=O) groups excluding carboxylic acids is 1. The van der Waals surface area contributed by atoms with E-state index in [-0.39, 0.29) is 11.9 Å². The van der Waals surface area contributed by atoms with Gasteiger partial charge in [-0.05, 0) is 37.1 Å². The maximum atomic E-state index is 12.3. The van der Waals surface area contributed by atoms with Crippen LogP contribution in [-0.4, -0.2) is 38.3 Å². The van der Waals surface area contributed by atoms with E-state index in [2.05, 4.69) is 17.6 Å². The van der Waals surface area contributed by atoms with Crippen LogP contribution in [0.1, 0.15) is 23.7 Å². The van der Waals surface area contributed by atoms with Crippen molar-refractivity contribution >= 4 is 5.91 Å². The molecule has 0 saturated carbocycles. The molecule has 2 N–H and O–H groups in total. The molecule has 1 saturated heterocycles. The number of amides is 1. The Balaban J connectivity index is 1.70. The summed E-state index contributed by atoms with van der Waals surface area (Å²) in [5, 5.41) is 6.41. The molecule has 2 aliphatic heterocycles. The summed E-state index contributed by atoms with van der Waals surface area (Å²) in [5.74, 6) is 1.80. The highest BCUT2D eigenvalue weighted by atomic mass is 16.6. The van der Waals surface area contributed by atoms with Gasteiger partial charge in [0.2, 0.25) is 0 Å². The van der Waals surface area contributed by atoms with E-state index < -0.39 is 0 Å². The lowest BCUT2D eigenvalue weighted by molar-refractivity contribution is 0.0914. The van der Waals surface area contributed by atoms with Gasteiger partial charge in [-0.15, -0.1) is 0 Å². The first kappa shape index (κ1) is 13.2. The minimum absolute atomic E-state index is 0.0532. The van der Waals surface area contributed by atoms with Gasteiger partial charge in [0.15, 0.2) is 11.5 Å². The van der Waals surface area contributed by atoms with Gasteiger partial charge in [-0.2, -0.15) is 0 Å². The second kappa shape index (κ2) is 5.71. The first-order chi connectivity index (χ1) is 9.74. The Morgan fingerprint density at radius 1 is 1.30 bits per heavy atom. The highest BCUT2D eigenvalue weighted by molar-refractivity contribution is 5.95. The maximum absolute atomic E-state index is 12.3. The summed E-state index contributed by atoms with van der Waals surface area (Å²) in [4.78, 5) is 12.3. The summed E-state index contributed by atoms with van der Waals surface area (Å²) in [6.45, 7) is 5.12. The second-order valence-corrected chi connectivity index (χ2v) is 5.41. The van der Waals surface area contributed by atoms with Gasteiger partial charge in [0.1, 0.15) is 13.2 Å². The predicted molar refractivity (Wildman–Crippen MR) is 75.3 cm³/mol. The summed E-state index contributed by atoms with van der Waals surface area (Å²) in [5.41, 5.74) is 0.618. The lowest BCUT2D eigenvalue weighted by atomic mass is 9.94. The molecule has 20 heavy (non-hydrogen) atoms. The summed E-state index contributed by atoms with van der Waals surface area (Å²) in [7, 11) is 0. The molecule has 2 atom stereocenters. The fraction of sp³-hybridized carbons (Fsp3) is 0.533. The van der Waals surface area contributed by atoms with Crippen LogP contribution < -0.4 is 20.1 Å². The number of rotatable bonds is 2. The molecule has 0 bridgehead atoms. The third kappa shape index (κ3) is 2.72. The molecule has 2 unspecified atom stereocenters. The SMILES string of the molecule is CC1CCNCC1NC(=O)c1ccc2c(c1)OCCO2. The maximum Gasteiger partial charge on any atom is 0.251 e. The minimum atomic E-state index is -0.0532. The Labute approximate surface area is 118 Å². The average Bonchev–Trinajstić information content (AvgIpc) is 2.49. The summed E-state index contributed by atoms with van der Waals surface area (Å²) < 4.78 is 11.0. The molecule has 0 spiro atoms. The molecule has 1 aromatic rings. The highest BCUT2D eigenvalue weighted by Gasteiger charge is 2.23. The van der Waals surface area contributed by atoms with Crippen molar-refractivity contribution in [3.63, 3.8) is 0 Å². The van der Waals surface area contributed by atoms with Crippen LogP contribution in [0.5, 0.6) is 11.5 Å². The first-order valence-corrected chi connectivity index (χ1v) is 7.15. The van der Waals surface area contributed by atoms with Gasteiger partial charge >= 0.3 is 0 Å². The number of hydrogen-bond donors (Lipinski definition) is 2. The summed E-state index contributed by atoms with van der Waals surface area (Å²) >= 11 is 0. The molecule has 1 fully saturated rings. The third-order valence-electron chi connectivity index (χ3n) is 3.95. The number of hydrogen-bond acceptors (Lipinski definition) is 4. The van der Waals surface area contributed by atoms with Crippen LogP contribution in [0.2, 0.25) is 0 Å². The van der Waals surface area contributed by atoms with E-state index in [0.29, 0.717) is 36.2 Å². The van der Waals surface area contributed by atoms with Crippen molar-refractivity contribution in [2.45, 2.75) is 19.4 Å². The molecule has 2 heterocycles. The van der Waals surface area contributed by atoms with Crippen molar-refractivity contribution in [3.05, 3.63) is 23.8 Å². The fourth-order valence-corrected chi connectivity index (χ4v) is 2.62. The molecule has 3 rings (SSSR count). The van der Waals surface area contributed by atoms with Crippen LogP contribution in [0.15, 0.2) is 18.2 Å². The first-order valence-electron chi connectivity index (χ1n) is 7.15. The van der Waals surface area contributed by atoms with E-state index in [1.165, 1.54) is 0 Å². The van der Waals surface area contributed by atoms with Crippen LogP contribution in [0.4, 0.5) is 0 Å². The summed E-state index contributed by atoms with van der Waals surface area (Å²) in [6.07, 6.45) is 1.09. The van der Waals surface area contributed by atoms with Crippen LogP contribution in [0.3, 0.4) is 0 Å². The molecule has 0 aromatic heterocycles. The van der Waals surface area contributed by atoms with Crippen molar-refractivity contribution < 1.29 is 14.3 Å². The molecule has 108 valence electrons. The van der Waals surface area contributed by atoms with Crippen LogP contribution in [0, 0.1) is 5.92 Å². The lowest BCUT2D eigenvalue weighted by Gasteiger charge is -2.30. The quantitative estimate of drug-likeness (QED) is 0.852. The molecule has 5 nitrogen and oxygen atoms in total. The fourth-order valence-electron chi connectivity index (χ4n) is 2.62. The Morgan fingerprint density at radius 2 is 2.10 bits per heavy atom. The molecule has 0 aliphatic carbocycles. The Kier molecular flexibility index (Phi) is 3.78. The smallest absolute Gasteiger partial charge is 0.251 e. The number of piperidine rings is 1. The van der Waals surface area contributed by atoms with Gasteiger partial charge in [0, 0.05) is 18.2 Å². The Bertz CT molecular complexity index is 504. The number of fused-ring (bicyclic) bond motifs is 1. The zero-order chi connectivity index (χ0) is 13.9. The molecular formula is C15H20N2O3. The van der Waals surface area contributed by atoms with E-state index >= 15 is 0 Å². The average molecular weight is 276 g/mol. The zero-order valence-electron chi connectivity index (χ0n) is 11.6. The van der Waals surface area contributed by atoms with Crippen molar-refractivity contribution in [2.24, 2.45) is 5.92 Å². The molecule has 1 aromatic carbocycles. The predicted octanol–water partition coefficient (Wildman–Crippen LogP) is 1.19. The van der Waals surface area contributed by atoms with Crippen LogP contribution in [-0.2, 0) is 0 Å². The molecule has 1 amide bonds. The normalized spacial score (nSPS) is 25.1. The summed E-state index contributed by atoms with van der Waals surface area (Å²) in [6, 6.07) is 5.52. The minimum Gasteiger partial charge on any atom is -0.486 e. The van der Waals surface area contributed by atoms with Crippen molar-refractivity contribution in [1.29, 1.82) is 0 Å². The van der Waals surface area contributed by atoms with Crippen molar-refractivity contribution in [2.75, 3.05) is 26.3 Å². The van der Waals surface area contributed by atoms with E-state index in [4.69, 9.17) is 9.47 Å². The standard InChI is InChI=1S/C15H20N2O3/c1-10-4-5-16-9-12(10)17-15(18)11-2-3-13-14(8-11)20-7-6-19-13/h2-3,8,10,12,16H,4-7,9H2,1H3,(H,17,18). The van der Waals surface area contributed by atoms with E-state index in [9.17, 15) is 4.79 Å². The Hall–Kier alpha value is -1.75. The van der Waals surface area contributed by atoms with Gasteiger partial charge < -0.3 is 20.1 Å². The monoisotopic (exact) mass is 276 g/mol. The number of carbonyl (C=O) groups is 1. The van der Waals surface area contributed by atoms with E-state index in [0.717, 1.165) is 19.5 Å².